The maximum absolute atomic E-state index is 12.2. The van der Waals surface area contributed by atoms with Crippen molar-refractivity contribution in [2.24, 2.45) is 5.92 Å². The van der Waals surface area contributed by atoms with Gasteiger partial charge in [0.15, 0.2) is 0 Å². The number of benzene rings is 1. The fourth-order valence-corrected chi connectivity index (χ4v) is 4.50. The summed E-state index contributed by atoms with van der Waals surface area (Å²) in [6, 6.07) is 6.22. The van der Waals surface area contributed by atoms with Crippen molar-refractivity contribution < 1.29 is 27.5 Å². The number of halogens is 3. The first-order chi connectivity index (χ1) is 15.8. The van der Waals surface area contributed by atoms with Gasteiger partial charge in [0, 0.05) is 17.0 Å². The van der Waals surface area contributed by atoms with Crippen LogP contribution in [0.1, 0.15) is 42.9 Å². The third-order valence-corrected chi connectivity index (χ3v) is 6.34. The lowest BCUT2D eigenvalue weighted by Gasteiger charge is -2.30. The molecule has 3 heterocycles. The van der Waals surface area contributed by atoms with Crippen LogP contribution in [0.25, 0.3) is 17.0 Å². The minimum atomic E-state index is -5.17. The highest BCUT2D eigenvalue weighted by Gasteiger charge is 2.42. The van der Waals surface area contributed by atoms with E-state index in [0.717, 1.165) is 60.9 Å². The smallest absolute Gasteiger partial charge is 0.385 e. The second-order valence-corrected chi connectivity index (χ2v) is 8.67. The van der Waals surface area contributed by atoms with Crippen molar-refractivity contribution in [3.63, 3.8) is 0 Å². The zero-order chi connectivity index (χ0) is 23.4. The standard InChI is InChI=1S/C23H27F3N4O3/c24-23(25,26)22(32)33-20(31)14-30-11-7-17(8-12-30)21-18-4-3-16(13-19(18)28-29-21)2-1-15-5-9-27-10-6-15/h1-4,13,15,17,27H,5-12,14H2,(H,28,29). The number of hydrogen-bond acceptors (Lipinski definition) is 6. The number of esters is 2. The molecule has 178 valence electrons. The SMILES string of the molecule is O=C(CN1CCC(c2[nH]nc3cc(C=CC4CCNCC4)ccc23)CC1)OC(=O)C(F)(F)F. The van der Waals surface area contributed by atoms with Crippen molar-refractivity contribution in [1.29, 1.82) is 0 Å². The molecular formula is C23H27F3N4O3. The van der Waals surface area contributed by atoms with E-state index in [1.54, 1.807) is 4.90 Å². The Morgan fingerprint density at radius 1 is 1.15 bits per heavy atom. The number of aromatic nitrogens is 2. The maximum atomic E-state index is 12.2. The average molecular weight is 464 g/mol. The summed E-state index contributed by atoms with van der Waals surface area (Å²) < 4.78 is 40.5. The van der Waals surface area contributed by atoms with Crippen molar-refractivity contribution >= 4 is 28.9 Å². The molecular weight excluding hydrogens is 437 g/mol. The van der Waals surface area contributed by atoms with E-state index in [1.165, 1.54) is 0 Å². The largest absolute Gasteiger partial charge is 0.491 e. The summed E-state index contributed by atoms with van der Waals surface area (Å²) in [6.45, 7) is 2.80. The van der Waals surface area contributed by atoms with Crippen molar-refractivity contribution in [3.8, 4) is 0 Å². The van der Waals surface area contributed by atoms with Crippen LogP contribution in [0.4, 0.5) is 13.2 Å². The quantitative estimate of drug-likeness (QED) is 0.521. The first-order valence-corrected chi connectivity index (χ1v) is 11.2. The Hall–Kier alpha value is -2.72. The van der Waals surface area contributed by atoms with Crippen LogP contribution in [0.2, 0.25) is 0 Å². The summed E-state index contributed by atoms with van der Waals surface area (Å²) in [4.78, 5) is 24.1. The maximum Gasteiger partial charge on any atom is 0.491 e. The van der Waals surface area contributed by atoms with E-state index < -0.39 is 18.1 Å². The summed E-state index contributed by atoms with van der Waals surface area (Å²) in [5, 5.41) is 12.0. The van der Waals surface area contributed by atoms with Crippen LogP contribution in [0.5, 0.6) is 0 Å². The number of fused-ring (bicyclic) bond motifs is 1. The van der Waals surface area contributed by atoms with E-state index >= 15 is 0 Å². The number of rotatable bonds is 5. The molecule has 0 amide bonds. The van der Waals surface area contributed by atoms with E-state index in [2.05, 4.69) is 50.6 Å². The van der Waals surface area contributed by atoms with Crippen LogP contribution < -0.4 is 5.32 Å². The van der Waals surface area contributed by atoms with E-state index in [0.29, 0.717) is 19.0 Å². The number of nitrogens with one attached hydrogen (secondary N) is 2. The number of hydrogen-bond donors (Lipinski definition) is 2. The molecule has 0 atom stereocenters. The van der Waals surface area contributed by atoms with Gasteiger partial charge >= 0.3 is 18.1 Å². The second-order valence-electron chi connectivity index (χ2n) is 8.67. The Labute approximate surface area is 189 Å². The Morgan fingerprint density at radius 3 is 2.58 bits per heavy atom. The van der Waals surface area contributed by atoms with Gasteiger partial charge in [0.2, 0.25) is 0 Å². The number of carbonyl (C=O) groups is 2. The van der Waals surface area contributed by atoms with Gasteiger partial charge in [0.05, 0.1) is 12.1 Å². The van der Waals surface area contributed by atoms with Gasteiger partial charge in [-0.25, -0.2) is 4.79 Å². The Bertz CT molecular complexity index is 1020. The molecule has 0 aliphatic carbocycles. The molecule has 33 heavy (non-hydrogen) atoms. The Morgan fingerprint density at radius 2 is 1.88 bits per heavy atom. The van der Waals surface area contributed by atoms with Gasteiger partial charge in [0.1, 0.15) is 0 Å². The first-order valence-electron chi connectivity index (χ1n) is 11.2. The number of nitrogens with zero attached hydrogens (tertiary/aromatic N) is 2. The molecule has 2 fully saturated rings. The molecule has 0 bridgehead atoms. The number of allylic oxidation sites excluding steroid dienone is 1. The van der Waals surface area contributed by atoms with Gasteiger partial charge in [0.25, 0.3) is 0 Å². The summed E-state index contributed by atoms with van der Waals surface area (Å²) in [5.41, 5.74) is 3.04. The summed E-state index contributed by atoms with van der Waals surface area (Å²) in [6.07, 6.45) is 3.00. The van der Waals surface area contributed by atoms with Gasteiger partial charge < -0.3 is 10.1 Å². The van der Waals surface area contributed by atoms with Gasteiger partial charge in [-0.15, -0.1) is 0 Å². The zero-order valence-electron chi connectivity index (χ0n) is 18.2. The summed E-state index contributed by atoms with van der Waals surface area (Å²) in [5.74, 6) is -2.86. The molecule has 2 N–H and O–H groups in total. The monoisotopic (exact) mass is 464 g/mol. The fraction of sp³-hybridized carbons (Fsp3) is 0.522. The minimum absolute atomic E-state index is 0.204. The topological polar surface area (TPSA) is 87.3 Å². The lowest BCUT2D eigenvalue weighted by atomic mass is 9.91. The van der Waals surface area contributed by atoms with Gasteiger partial charge in [-0.05, 0) is 69.4 Å². The number of aromatic amines is 1. The van der Waals surface area contributed by atoms with Crippen molar-refractivity contribution in [2.75, 3.05) is 32.7 Å². The van der Waals surface area contributed by atoms with Crippen LogP contribution >= 0.6 is 0 Å². The van der Waals surface area contributed by atoms with Crippen LogP contribution in [-0.4, -0.2) is 65.9 Å². The van der Waals surface area contributed by atoms with E-state index in [1.807, 2.05) is 0 Å². The predicted molar refractivity (Wildman–Crippen MR) is 116 cm³/mol. The predicted octanol–water partition coefficient (Wildman–Crippen LogP) is 3.39. The van der Waals surface area contributed by atoms with Crippen LogP contribution in [0.15, 0.2) is 24.3 Å². The second kappa shape index (κ2) is 10.0. The van der Waals surface area contributed by atoms with Crippen molar-refractivity contribution in [3.05, 3.63) is 35.5 Å². The van der Waals surface area contributed by atoms with E-state index in [4.69, 9.17) is 0 Å². The highest BCUT2D eigenvalue weighted by molar-refractivity contribution is 5.89. The van der Waals surface area contributed by atoms with E-state index in [9.17, 15) is 22.8 Å². The lowest BCUT2D eigenvalue weighted by molar-refractivity contribution is -0.202. The molecule has 0 spiro atoms. The number of H-pyrrole nitrogens is 1. The highest BCUT2D eigenvalue weighted by Crippen LogP contribution is 2.32. The molecule has 2 saturated heterocycles. The minimum Gasteiger partial charge on any atom is -0.385 e. The van der Waals surface area contributed by atoms with Crippen molar-refractivity contribution in [2.45, 2.75) is 37.8 Å². The third-order valence-electron chi connectivity index (χ3n) is 6.34. The molecule has 0 saturated carbocycles. The van der Waals surface area contributed by atoms with Crippen molar-refractivity contribution in [1.82, 2.24) is 20.4 Å². The van der Waals surface area contributed by atoms with Gasteiger partial charge in [-0.1, -0.05) is 24.3 Å². The molecule has 0 unspecified atom stereocenters. The fourth-order valence-electron chi connectivity index (χ4n) is 4.50. The van der Waals surface area contributed by atoms with E-state index in [-0.39, 0.29) is 12.5 Å². The Balaban J connectivity index is 1.32. The molecule has 4 rings (SSSR count). The molecule has 2 aromatic rings. The van der Waals surface area contributed by atoms with Crippen LogP contribution in [0, 0.1) is 5.92 Å². The first kappa shape index (κ1) is 23.4. The van der Waals surface area contributed by atoms with Crippen LogP contribution in [0.3, 0.4) is 0 Å². The summed E-state index contributed by atoms with van der Waals surface area (Å²) in [7, 11) is 0. The molecule has 1 aromatic carbocycles. The zero-order valence-corrected chi connectivity index (χ0v) is 18.2. The normalized spacial score (nSPS) is 19.4. The number of likely N-dealkylation sites (tertiary alicyclic amines) is 1. The third kappa shape index (κ3) is 6.00. The average Bonchev–Trinajstić information content (AvgIpc) is 3.21. The molecule has 0 radical (unpaired) electrons. The van der Waals surface area contributed by atoms with Gasteiger partial charge in [-0.3, -0.25) is 14.8 Å². The number of carbonyl (C=O) groups excluding carboxylic acids is 2. The molecule has 2 aliphatic heterocycles. The van der Waals surface area contributed by atoms with Crippen LogP contribution in [-0.2, 0) is 14.3 Å². The number of ether oxygens (including phenoxy) is 1. The molecule has 2 aliphatic rings. The van der Waals surface area contributed by atoms with Gasteiger partial charge in [-0.2, -0.15) is 18.3 Å². The molecule has 7 nitrogen and oxygen atoms in total. The number of piperidine rings is 2. The lowest BCUT2D eigenvalue weighted by Crippen LogP contribution is -2.39. The molecule has 1 aromatic heterocycles. The Kier molecular flexibility index (Phi) is 7.14. The molecule has 10 heteroatoms. The highest BCUT2D eigenvalue weighted by atomic mass is 19.4. The number of alkyl halides is 3. The summed E-state index contributed by atoms with van der Waals surface area (Å²) >= 11 is 0.